The van der Waals surface area contributed by atoms with Crippen molar-refractivity contribution in [3.63, 3.8) is 0 Å². The van der Waals surface area contributed by atoms with E-state index in [9.17, 15) is 0 Å². The van der Waals surface area contributed by atoms with Gasteiger partial charge in [-0.1, -0.05) is 25.1 Å². The minimum absolute atomic E-state index is 0.620. The van der Waals surface area contributed by atoms with Gasteiger partial charge in [0.15, 0.2) is 17.5 Å². The van der Waals surface area contributed by atoms with Crippen LogP contribution in [0.15, 0.2) is 41.4 Å². The van der Waals surface area contributed by atoms with Crippen LogP contribution in [-0.4, -0.2) is 33.8 Å². The number of nitrogens with one attached hydrogen (secondary N) is 2. The highest BCUT2D eigenvalue weighted by Crippen LogP contribution is 2.28. The van der Waals surface area contributed by atoms with E-state index in [1.807, 2.05) is 31.2 Å². The normalized spacial score (nSPS) is 11.1. The minimum Gasteiger partial charge on any atom is -0.496 e. The molecule has 2 N–H and O–H groups in total. The van der Waals surface area contributed by atoms with Gasteiger partial charge >= 0.3 is 0 Å². The average molecular weight is 386 g/mol. The van der Waals surface area contributed by atoms with Gasteiger partial charge in [0.1, 0.15) is 5.75 Å². The molecule has 0 saturated carbocycles. The van der Waals surface area contributed by atoms with E-state index < -0.39 is 0 Å². The molecule has 0 fully saturated rings. The van der Waals surface area contributed by atoms with Crippen molar-refractivity contribution in [3.8, 4) is 17.2 Å². The Bertz CT molecular complexity index is 791. The lowest BCUT2D eigenvalue weighted by Crippen LogP contribution is -2.36. The summed E-state index contributed by atoms with van der Waals surface area (Å²) in [5, 5.41) is 6.64. The second-order valence-corrected chi connectivity index (χ2v) is 6.43. The van der Waals surface area contributed by atoms with Crippen LogP contribution in [0, 0.1) is 6.92 Å². The van der Waals surface area contributed by atoms with Crippen molar-refractivity contribution < 1.29 is 14.2 Å². The maximum Gasteiger partial charge on any atom is 0.191 e. The summed E-state index contributed by atoms with van der Waals surface area (Å²) >= 11 is 0. The first kappa shape index (κ1) is 21.4. The summed E-state index contributed by atoms with van der Waals surface area (Å²) in [7, 11) is 5.09. The minimum atomic E-state index is 0.620. The third-order valence-electron chi connectivity index (χ3n) is 4.26. The van der Waals surface area contributed by atoms with Gasteiger partial charge in [0, 0.05) is 25.7 Å². The Kier molecular flexibility index (Phi) is 8.46. The van der Waals surface area contributed by atoms with Crippen LogP contribution < -0.4 is 24.8 Å². The Morgan fingerprint density at radius 3 is 2.36 bits per heavy atom. The summed E-state index contributed by atoms with van der Waals surface area (Å²) in [6.07, 6.45) is 0.959. The van der Waals surface area contributed by atoms with E-state index in [2.05, 4.69) is 34.7 Å². The highest BCUT2D eigenvalue weighted by atomic mass is 16.5. The molecule has 0 amide bonds. The quantitative estimate of drug-likeness (QED) is 0.509. The molecule has 28 heavy (non-hydrogen) atoms. The second-order valence-electron chi connectivity index (χ2n) is 6.43. The lowest BCUT2D eigenvalue weighted by molar-refractivity contribution is 0.294. The van der Waals surface area contributed by atoms with Crippen molar-refractivity contribution in [1.29, 1.82) is 0 Å². The topological polar surface area (TPSA) is 64.1 Å². The maximum absolute atomic E-state index is 5.70. The summed E-state index contributed by atoms with van der Waals surface area (Å²) in [6.45, 7) is 6.04. The molecule has 0 heterocycles. The molecular formula is C22H31N3O3. The molecule has 0 spiro atoms. The van der Waals surface area contributed by atoms with Gasteiger partial charge in [0.2, 0.25) is 0 Å². The summed E-state index contributed by atoms with van der Waals surface area (Å²) in [5.74, 6) is 3.09. The van der Waals surface area contributed by atoms with Crippen LogP contribution in [-0.2, 0) is 13.1 Å². The largest absolute Gasteiger partial charge is 0.496 e. The Morgan fingerprint density at radius 1 is 0.929 bits per heavy atom. The predicted molar refractivity (Wildman–Crippen MR) is 114 cm³/mol. The molecule has 0 unspecified atom stereocenters. The highest BCUT2D eigenvalue weighted by molar-refractivity contribution is 5.79. The third kappa shape index (κ3) is 6.08. The van der Waals surface area contributed by atoms with Crippen LogP contribution in [0.2, 0.25) is 0 Å². The average Bonchev–Trinajstić information content (AvgIpc) is 2.73. The molecule has 0 saturated heterocycles. The number of rotatable bonds is 9. The van der Waals surface area contributed by atoms with E-state index in [4.69, 9.17) is 14.2 Å². The molecule has 2 aromatic rings. The molecule has 0 aliphatic heterocycles. The zero-order valence-electron chi connectivity index (χ0n) is 17.5. The fourth-order valence-electron chi connectivity index (χ4n) is 2.74. The molecule has 2 rings (SSSR count). The first-order valence-corrected chi connectivity index (χ1v) is 9.49. The standard InChI is InChI=1S/C22H31N3O3/c1-6-11-28-19-10-8-17(13-21(19)27-5)14-24-22(23-3)25-15-18-9-7-16(2)12-20(18)26-4/h7-10,12-13H,6,11,14-15H2,1-5H3,(H2,23,24,25). The monoisotopic (exact) mass is 385 g/mol. The van der Waals surface area contributed by atoms with Crippen molar-refractivity contribution >= 4 is 5.96 Å². The zero-order valence-corrected chi connectivity index (χ0v) is 17.5. The molecule has 2 aromatic carbocycles. The lowest BCUT2D eigenvalue weighted by Gasteiger charge is -2.15. The van der Waals surface area contributed by atoms with Crippen LogP contribution in [0.25, 0.3) is 0 Å². The summed E-state index contributed by atoms with van der Waals surface area (Å²) in [5.41, 5.74) is 3.33. The maximum atomic E-state index is 5.70. The fourth-order valence-corrected chi connectivity index (χ4v) is 2.74. The molecule has 0 aliphatic carbocycles. The molecule has 0 radical (unpaired) electrons. The van der Waals surface area contributed by atoms with Crippen LogP contribution in [0.5, 0.6) is 17.2 Å². The number of aliphatic imine (C=N–C) groups is 1. The number of benzene rings is 2. The van der Waals surface area contributed by atoms with Crippen LogP contribution in [0.3, 0.4) is 0 Å². The molecular weight excluding hydrogens is 354 g/mol. The van der Waals surface area contributed by atoms with Crippen molar-refractivity contribution in [2.75, 3.05) is 27.9 Å². The van der Waals surface area contributed by atoms with Gasteiger partial charge in [0.05, 0.1) is 20.8 Å². The number of guanidine groups is 1. The smallest absolute Gasteiger partial charge is 0.191 e. The van der Waals surface area contributed by atoms with Gasteiger partial charge in [-0.25, -0.2) is 0 Å². The molecule has 152 valence electrons. The van der Waals surface area contributed by atoms with Crippen molar-refractivity contribution in [2.24, 2.45) is 4.99 Å². The van der Waals surface area contributed by atoms with Crippen molar-refractivity contribution in [3.05, 3.63) is 53.1 Å². The first-order chi connectivity index (χ1) is 13.6. The number of methoxy groups -OCH3 is 2. The van der Waals surface area contributed by atoms with Gasteiger partial charge in [0.25, 0.3) is 0 Å². The Balaban J connectivity index is 1.95. The predicted octanol–water partition coefficient (Wildman–Crippen LogP) is 3.67. The van der Waals surface area contributed by atoms with Crippen molar-refractivity contribution in [1.82, 2.24) is 10.6 Å². The van der Waals surface area contributed by atoms with E-state index in [1.54, 1.807) is 21.3 Å². The van der Waals surface area contributed by atoms with E-state index >= 15 is 0 Å². The van der Waals surface area contributed by atoms with Crippen LogP contribution >= 0.6 is 0 Å². The van der Waals surface area contributed by atoms with E-state index in [0.29, 0.717) is 25.7 Å². The zero-order chi connectivity index (χ0) is 20.4. The van der Waals surface area contributed by atoms with Gasteiger partial charge in [-0.3, -0.25) is 4.99 Å². The highest BCUT2D eigenvalue weighted by Gasteiger charge is 2.08. The summed E-state index contributed by atoms with van der Waals surface area (Å²) in [4.78, 5) is 4.29. The molecule has 6 heteroatoms. The molecule has 0 atom stereocenters. The lowest BCUT2D eigenvalue weighted by atomic mass is 10.1. The van der Waals surface area contributed by atoms with Gasteiger partial charge in [-0.2, -0.15) is 0 Å². The fraction of sp³-hybridized carbons (Fsp3) is 0.409. The van der Waals surface area contributed by atoms with Gasteiger partial charge < -0.3 is 24.8 Å². The summed E-state index contributed by atoms with van der Waals surface area (Å²) in [6, 6.07) is 12.1. The Labute approximate surface area is 167 Å². The second kappa shape index (κ2) is 11.1. The van der Waals surface area contributed by atoms with Gasteiger partial charge in [-0.15, -0.1) is 0 Å². The van der Waals surface area contributed by atoms with E-state index in [0.717, 1.165) is 34.8 Å². The Hall–Kier alpha value is -2.89. The first-order valence-electron chi connectivity index (χ1n) is 9.49. The SMILES string of the molecule is CCCOc1ccc(CNC(=NC)NCc2ccc(C)cc2OC)cc1OC. The molecule has 6 nitrogen and oxygen atoms in total. The third-order valence-corrected chi connectivity index (χ3v) is 4.26. The van der Waals surface area contributed by atoms with Crippen molar-refractivity contribution in [2.45, 2.75) is 33.4 Å². The number of nitrogens with zero attached hydrogens (tertiary/aromatic N) is 1. The number of hydrogen-bond acceptors (Lipinski definition) is 4. The van der Waals surface area contributed by atoms with E-state index in [-0.39, 0.29) is 0 Å². The van der Waals surface area contributed by atoms with Crippen LogP contribution in [0.1, 0.15) is 30.0 Å². The molecule has 0 bridgehead atoms. The molecule has 0 aromatic heterocycles. The van der Waals surface area contributed by atoms with E-state index in [1.165, 1.54) is 5.56 Å². The van der Waals surface area contributed by atoms with Crippen LogP contribution in [0.4, 0.5) is 0 Å². The summed E-state index contributed by atoms with van der Waals surface area (Å²) < 4.78 is 16.6. The Morgan fingerprint density at radius 2 is 1.68 bits per heavy atom. The van der Waals surface area contributed by atoms with Gasteiger partial charge in [-0.05, 0) is 42.7 Å². The molecule has 0 aliphatic rings. The number of aryl methyl sites for hydroxylation is 1. The number of ether oxygens (including phenoxy) is 3. The number of hydrogen-bond donors (Lipinski definition) is 2.